The number of hydrogen-bond acceptors (Lipinski definition) is 6. The van der Waals surface area contributed by atoms with E-state index in [1.165, 1.54) is 6.92 Å². The Kier molecular flexibility index (Phi) is 4.75. The molecule has 2 aliphatic rings. The van der Waals surface area contributed by atoms with E-state index in [1.54, 1.807) is 23.1 Å². The van der Waals surface area contributed by atoms with Crippen molar-refractivity contribution in [1.82, 2.24) is 10.2 Å². The van der Waals surface area contributed by atoms with E-state index in [0.29, 0.717) is 17.2 Å². The second kappa shape index (κ2) is 6.98. The number of nitrogens with one attached hydrogen (secondary N) is 2. The number of urea groups is 1. The first-order chi connectivity index (χ1) is 11.9. The summed E-state index contributed by atoms with van der Waals surface area (Å²) in [5, 5.41) is 13.9. The minimum absolute atomic E-state index is 0.0776. The van der Waals surface area contributed by atoms with E-state index in [2.05, 4.69) is 10.6 Å². The molecular formula is C16H19N3O6. The van der Waals surface area contributed by atoms with Crippen LogP contribution >= 0.6 is 0 Å². The number of rotatable bonds is 6. The van der Waals surface area contributed by atoms with Crippen LogP contribution < -0.4 is 20.1 Å². The fourth-order valence-electron chi connectivity index (χ4n) is 2.60. The van der Waals surface area contributed by atoms with Gasteiger partial charge >= 0.3 is 12.0 Å². The molecule has 9 nitrogen and oxygen atoms in total. The third-order valence-corrected chi connectivity index (χ3v) is 4.08. The van der Waals surface area contributed by atoms with Crippen LogP contribution in [0.25, 0.3) is 0 Å². The zero-order valence-electron chi connectivity index (χ0n) is 13.7. The molecule has 3 N–H and O–H groups in total. The molecule has 1 aromatic carbocycles. The number of anilines is 1. The Bertz CT molecular complexity index is 703. The molecule has 0 saturated heterocycles. The lowest BCUT2D eigenvalue weighted by atomic mass is 10.2. The average molecular weight is 349 g/mol. The maximum absolute atomic E-state index is 12.0. The Hall–Kier alpha value is -2.81. The summed E-state index contributed by atoms with van der Waals surface area (Å²) in [6, 6.07) is 3.48. The normalized spacial score (nSPS) is 16.4. The van der Waals surface area contributed by atoms with E-state index >= 15 is 0 Å². The number of nitrogens with zero attached hydrogens (tertiary/aromatic N) is 1. The minimum atomic E-state index is -0.996. The van der Waals surface area contributed by atoms with E-state index in [1.807, 2.05) is 0 Å². The van der Waals surface area contributed by atoms with Crippen LogP contribution in [0.2, 0.25) is 0 Å². The van der Waals surface area contributed by atoms with Crippen LogP contribution in [0.5, 0.6) is 11.5 Å². The van der Waals surface area contributed by atoms with Gasteiger partial charge in [0.15, 0.2) is 11.5 Å². The lowest BCUT2D eigenvalue weighted by Crippen LogP contribution is -2.48. The molecule has 3 amide bonds. The zero-order valence-corrected chi connectivity index (χ0v) is 13.7. The summed E-state index contributed by atoms with van der Waals surface area (Å²) in [5.74, 6) is -0.452. The maximum atomic E-state index is 12.0. The number of ether oxygens (including phenoxy) is 2. The van der Waals surface area contributed by atoms with Gasteiger partial charge in [0.25, 0.3) is 0 Å². The van der Waals surface area contributed by atoms with Gasteiger partial charge in [-0.2, -0.15) is 0 Å². The van der Waals surface area contributed by atoms with Crippen LogP contribution in [0.1, 0.15) is 19.8 Å². The first-order valence-corrected chi connectivity index (χ1v) is 7.93. The smallest absolute Gasteiger partial charge is 0.325 e. The van der Waals surface area contributed by atoms with Gasteiger partial charge in [0, 0.05) is 17.8 Å². The molecule has 25 heavy (non-hydrogen) atoms. The van der Waals surface area contributed by atoms with Gasteiger partial charge in [-0.3, -0.25) is 19.8 Å². The van der Waals surface area contributed by atoms with Crippen molar-refractivity contribution in [2.24, 2.45) is 0 Å². The van der Waals surface area contributed by atoms with Gasteiger partial charge in [-0.05, 0) is 31.9 Å². The lowest BCUT2D eigenvalue weighted by molar-refractivity contribution is -0.143. The second-order valence-corrected chi connectivity index (χ2v) is 5.99. The molecule has 1 atom stereocenters. The Balaban J connectivity index is 1.53. The highest BCUT2D eigenvalue weighted by atomic mass is 16.7. The third-order valence-electron chi connectivity index (χ3n) is 4.08. The van der Waals surface area contributed by atoms with Crippen LogP contribution in [0.3, 0.4) is 0 Å². The van der Waals surface area contributed by atoms with Gasteiger partial charge in [0.2, 0.25) is 12.7 Å². The van der Waals surface area contributed by atoms with Crippen LogP contribution in [0.15, 0.2) is 18.2 Å². The molecule has 0 spiro atoms. The van der Waals surface area contributed by atoms with Crippen molar-refractivity contribution < 1.29 is 29.0 Å². The standard InChI is InChI=1S/C16H19N3O6/c1-9(15(21)22)19(11-3-4-11)7-14(20)18-16(23)17-10-2-5-12-13(6-10)25-8-24-12/h2,5-6,9,11H,3-4,7-8H2,1H3,(H,21,22)(H2,17,18,20,23). The summed E-state index contributed by atoms with van der Waals surface area (Å²) in [7, 11) is 0. The van der Waals surface area contributed by atoms with Crippen LogP contribution in [0.4, 0.5) is 10.5 Å². The molecule has 9 heteroatoms. The number of carbonyl (C=O) groups excluding carboxylic acids is 2. The molecule has 0 radical (unpaired) electrons. The van der Waals surface area contributed by atoms with E-state index in [9.17, 15) is 14.4 Å². The summed E-state index contributed by atoms with van der Waals surface area (Å²) in [6.07, 6.45) is 1.71. The molecular weight excluding hydrogens is 330 g/mol. The molecule has 1 aromatic rings. The number of imide groups is 1. The highest BCUT2D eigenvalue weighted by Crippen LogP contribution is 2.34. The number of fused-ring (bicyclic) bond motifs is 1. The van der Waals surface area contributed by atoms with Crippen LogP contribution in [0, 0.1) is 0 Å². The van der Waals surface area contributed by atoms with Gasteiger partial charge in [-0.15, -0.1) is 0 Å². The fourth-order valence-corrected chi connectivity index (χ4v) is 2.60. The van der Waals surface area contributed by atoms with Crippen molar-refractivity contribution in [3.8, 4) is 11.5 Å². The first kappa shape index (κ1) is 17.0. The molecule has 3 rings (SSSR count). The molecule has 0 bridgehead atoms. The van der Waals surface area contributed by atoms with E-state index in [-0.39, 0.29) is 19.4 Å². The van der Waals surface area contributed by atoms with Gasteiger partial charge in [0.05, 0.1) is 6.54 Å². The molecule has 1 aliphatic carbocycles. The molecule has 1 aliphatic heterocycles. The number of hydrogen-bond donors (Lipinski definition) is 3. The topological polar surface area (TPSA) is 117 Å². The molecule has 1 saturated carbocycles. The van der Waals surface area contributed by atoms with Crippen LogP contribution in [-0.2, 0) is 9.59 Å². The lowest BCUT2D eigenvalue weighted by Gasteiger charge is -2.25. The number of carboxylic acids is 1. The van der Waals surface area contributed by atoms with Gasteiger partial charge in [-0.25, -0.2) is 4.79 Å². The highest BCUT2D eigenvalue weighted by molar-refractivity contribution is 6.02. The monoisotopic (exact) mass is 349 g/mol. The Morgan fingerprint density at radius 3 is 2.68 bits per heavy atom. The molecule has 1 unspecified atom stereocenters. The van der Waals surface area contributed by atoms with Gasteiger partial charge in [-0.1, -0.05) is 0 Å². The number of carbonyl (C=O) groups is 3. The summed E-state index contributed by atoms with van der Waals surface area (Å²) >= 11 is 0. The Morgan fingerprint density at radius 2 is 2.00 bits per heavy atom. The van der Waals surface area contributed by atoms with Gasteiger partial charge < -0.3 is 19.9 Å². The molecule has 0 aromatic heterocycles. The second-order valence-electron chi connectivity index (χ2n) is 5.99. The Labute approximate surface area is 143 Å². The number of benzene rings is 1. The van der Waals surface area contributed by atoms with Crippen LogP contribution in [-0.4, -0.2) is 53.3 Å². The largest absolute Gasteiger partial charge is 0.480 e. The summed E-state index contributed by atoms with van der Waals surface area (Å²) < 4.78 is 10.4. The van der Waals surface area contributed by atoms with E-state index < -0.39 is 23.9 Å². The third kappa shape index (κ3) is 4.18. The average Bonchev–Trinajstić information content (AvgIpc) is 3.29. The van der Waals surface area contributed by atoms with Gasteiger partial charge in [0.1, 0.15) is 6.04 Å². The summed E-state index contributed by atoms with van der Waals surface area (Å²) in [6.45, 7) is 1.51. The summed E-state index contributed by atoms with van der Waals surface area (Å²) in [4.78, 5) is 36.7. The molecule has 1 heterocycles. The van der Waals surface area contributed by atoms with Crippen molar-refractivity contribution in [3.63, 3.8) is 0 Å². The number of amides is 3. The number of carboxylic acid groups (broad SMARTS) is 1. The Morgan fingerprint density at radius 1 is 1.28 bits per heavy atom. The van der Waals surface area contributed by atoms with Crippen molar-refractivity contribution >= 4 is 23.6 Å². The number of aliphatic carboxylic acids is 1. The fraction of sp³-hybridized carbons (Fsp3) is 0.438. The SMILES string of the molecule is CC(C(=O)O)N(CC(=O)NC(=O)Nc1ccc2c(c1)OCO2)C1CC1. The predicted octanol–water partition coefficient (Wildman–Crippen LogP) is 1.00. The maximum Gasteiger partial charge on any atom is 0.325 e. The van der Waals surface area contributed by atoms with E-state index in [0.717, 1.165) is 12.8 Å². The van der Waals surface area contributed by atoms with Crippen molar-refractivity contribution in [1.29, 1.82) is 0 Å². The predicted molar refractivity (Wildman–Crippen MR) is 86.6 cm³/mol. The highest BCUT2D eigenvalue weighted by Gasteiger charge is 2.36. The van der Waals surface area contributed by atoms with Crippen molar-refractivity contribution in [2.75, 3.05) is 18.7 Å². The molecule has 134 valence electrons. The van der Waals surface area contributed by atoms with E-state index in [4.69, 9.17) is 14.6 Å². The quantitative estimate of drug-likeness (QED) is 0.701. The minimum Gasteiger partial charge on any atom is -0.480 e. The zero-order chi connectivity index (χ0) is 18.0. The molecule has 1 fully saturated rings. The van der Waals surface area contributed by atoms with Crippen molar-refractivity contribution in [3.05, 3.63) is 18.2 Å². The van der Waals surface area contributed by atoms with Crippen molar-refractivity contribution in [2.45, 2.75) is 31.8 Å². The summed E-state index contributed by atoms with van der Waals surface area (Å²) in [5.41, 5.74) is 0.451. The first-order valence-electron chi connectivity index (χ1n) is 7.93.